The third-order valence-electron chi connectivity index (χ3n) is 4.39. The fourth-order valence-electron chi connectivity index (χ4n) is 3.10. The molecule has 0 aromatic carbocycles. The van der Waals surface area contributed by atoms with Crippen molar-refractivity contribution in [2.45, 2.75) is 26.3 Å². The summed E-state index contributed by atoms with van der Waals surface area (Å²) in [4.78, 5) is 17.0. The van der Waals surface area contributed by atoms with Crippen LogP contribution in [-0.2, 0) is 11.2 Å². The molecule has 1 saturated heterocycles. The summed E-state index contributed by atoms with van der Waals surface area (Å²) in [7, 11) is 0. The number of rotatable bonds is 4. The molecule has 0 aliphatic carbocycles. The van der Waals surface area contributed by atoms with Gasteiger partial charge in [0.2, 0.25) is 0 Å². The van der Waals surface area contributed by atoms with Crippen LogP contribution in [-0.4, -0.2) is 44.9 Å². The number of fused-ring (bicyclic) bond motifs is 1. The summed E-state index contributed by atoms with van der Waals surface area (Å²) < 4.78 is 12.5. The van der Waals surface area contributed by atoms with Gasteiger partial charge in [-0.2, -0.15) is 5.10 Å². The molecule has 0 radical (unpaired) electrons. The van der Waals surface area contributed by atoms with Crippen LogP contribution in [0.3, 0.4) is 0 Å². The maximum atomic E-state index is 12.7. The van der Waals surface area contributed by atoms with Gasteiger partial charge < -0.3 is 14.6 Å². The van der Waals surface area contributed by atoms with Gasteiger partial charge in [-0.3, -0.25) is 4.79 Å². The summed E-state index contributed by atoms with van der Waals surface area (Å²) in [5.41, 5.74) is 2.84. The number of nitrogens with zero attached hydrogens (tertiary/aromatic N) is 4. The molecular weight excluding hydrogens is 322 g/mol. The van der Waals surface area contributed by atoms with E-state index in [9.17, 15) is 4.79 Å². The van der Waals surface area contributed by atoms with Gasteiger partial charge in [-0.25, -0.2) is 9.50 Å². The van der Waals surface area contributed by atoms with E-state index in [1.54, 1.807) is 16.9 Å². The van der Waals surface area contributed by atoms with Crippen molar-refractivity contribution in [3.05, 3.63) is 47.2 Å². The molecular formula is C17H19N5O3. The molecule has 2 atom stereocenters. The van der Waals surface area contributed by atoms with Gasteiger partial charge in [-0.15, -0.1) is 0 Å². The van der Waals surface area contributed by atoms with E-state index in [0.717, 1.165) is 17.0 Å². The van der Waals surface area contributed by atoms with E-state index in [1.165, 1.54) is 0 Å². The molecule has 3 aromatic heterocycles. The maximum absolute atomic E-state index is 12.7. The van der Waals surface area contributed by atoms with E-state index in [4.69, 9.17) is 9.26 Å². The smallest absolute Gasteiger partial charge is 0.257 e. The molecule has 25 heavy (non-hydrogen) atoms. The van der Waals surface area contributed by atoms with Crippen LogP contribution >= 0.6 is 0 Å². The number of carbonyl (C=O) groups is 1. The van der Waals surface area contributed by atoms with Gasteiger partial charge in [0.05, 0.1) is 31.1 Å². The van der Waals surface area contributed by atoms with Crippen molar-refractivity contribution in [2.75, 3.05) is 13.2 Å². The average molecular weight is 341 g/mol. The lowest BCUT2D eigenvalue weighted by Crippen LogP contribution is -2.40. The number of hydrogen-bond donors (Lipinski definition) is 1. The van der Waals surface area contributed by atoms with E-state index in [1.807, 2.05) is 26.1 Å². The Labute approximate surface area is 144 Å². The lowest BCUT2D eigenvalue weighted by Gasteiger charge is -2.17. The van der Waals surface area contributed by atoms with Crippen LogP contribution in [0.15, 0.2) is 29.2 Å². The first-order chi connectivity index (χ1) is 12.1. The third-order valence-corrected chi connectivity index (χ3v) is 4.39. The molecule has 1 fully saturated rings. The van der Waals surface area contributed by atoms with Gasteiger partial charge in [-0.1, -0.05) is 5.16 Å². The minimum atomic E-state index is -0.194. The topological polar surface area (TPSA) is 94.5 Å². The van der Waals surface area contributed by atoms with Crippen molar-refractivity contribution < 1.29 is 14.1 Å². The van der Waals surface area contributed by atoms with E-state index < -0.39 is 0 Å². The molecule has 4 heterocycles. The van der Waals surface area contributed by atoms with Crippen molar-refractivity contribution >= 4 is 11.6 Å². The van der Waals surface area contributed by atoms with Crippen LogP contribution in [0.1, 0.15) is 27.4 Å². The normalized spacial score (nSPS) is 20.2. The van der Waals surface area contributed by atoms with E-state index in [0.29, 0.717) is 30.8 Å². The Balaban J connectivity index is 1.49. The molecule has 0 saturated carbocycles. The Morgan fingerprint density at radius 3 is 3.04 bits per heavy atom. The van der Waals surface area contributed by atoms with Gasteiger partial charge >= 0.3 is 0 Å². The van der Waals surface area contributed by atoms with Gasteiger partial charge in [0.15, 0.2) is 5.65 Å². The summed E-state index contributed by atoms with van der Waals surface area (Å²) in [6, 6.07) is 1.83. The largest absolute Gasteiger partial charge is 0.379 e. The Kier molecular flexibility index (Phi) is 3.96. The number of aromatic nitrogens is 4. The van der Waals surface area contributed by atoms with Crippen molar-refractivity contribution in [3.8, 4) is 0 Å². The van der Waals surface area contributed by atoms with Crippen molar-refractivity contribution in [3.63, 3.8) is 0 Å². The highest BCUT2D eigenvalue weighted by Gasteiger charge is 2.31. The zero-order chi connectivity index (χ0) is 17.4. The number of carbonyl (C=O) groups excluding carboxylic acids is 1. The summed E-state index contributed by atoms with van der Waals surface area (Å²) in [5, 5.41) is 11.2. The zero-order valence-electron chi connectivity index (χ0n) is 14.1. The number of aryl methyl sites for hydroxylation is 2. The Morgan fingerprint density at radius 2 is 2.24 bits per heavy atom. The summed E-state index contributed by atoms with van der Waals surface area (Å²) >= 11 is 0. The van der Waals surface area contributed by atoms with Crippen LogP contribution in [0.5, 0.6) is 0 Å². The van der Waals surface area contributed by atoms with Crippen molar-refractivity contribution in [1.29, 1.82) is 0 Å². The maximum Gasteiger partial charge on any atom is 0.257 e. The first kappa shape index (κ1) is 15.8. The minimum absolute atomic E-state index is 0.0849. The highest BCUT2D eigenvalue weighted by Crippen LogP contribution is 2.20. The fraction of sp³-hybridized carbons (Fsp3) is 0.412. The van der Waals surface area contributed by atoms with Crippen molar-refractivity contribution in [1.82, 2.24) is 25.1 Å². The number of ether oxygens (including phenoxy) is 1. The Bertz CT molecular complexity index is 916. The molecule has 1 aliphatic rings. The van der Waals surface area contributed by atoms with Gasteiger partial charge in [0, 0.05) is 30.8 Å². The van der Waals surface area contributed by atoms with Crippen LogP contribution < -0.4 is 5.32 Å². The highest BCUT2D eigenvalue weighted by atomic mass is 16.5. The molecule has 1 aliphatic heterocycles. The Morgan fingerprint density at radius 1 is 1.36 bits per heavy atom. The second-order valence-electron chi connectivity index (χ2n) is 6.47. The van der Waals surface area contributed by atoms with Gasteiger partial charge in [-0.05, 0) is 19.4 Å². The minimum Gasteiger partial charge on any atom is -0.379 e. The first-order valence-electron chi connectivity index (χ1n) is 8.21. The standard InChI is InChI=1S/C17H19N5O3/c1-10-5-18-16-14(6-19-22(16)7-10)17(23)20-15-9-24-8-12(15)4-13-3-11(2)21-25-13/h3,5-7,12,15H,4,8-9H2,1-2H3,(H,20,23)/t12-,15+/m0/s1. The molecule has 4 rings (SSSR count). The average Bonchev–Trinajstić information content (AvgIpc) is 3.28. The number of hydrogen-bond acceptors (Lipinski definition) is 6. The van der Waals surface area contributed by atoms with Crippen LogP contribution in [0.25, 0.3) is 5.65 Å². The second kappa shape index (κ2) is 6.29. The molecule has 0 spiro atoms. The summed E-state index contributed by atoms with van der Waals surface area (Å²) in [6.07, 6.45) is 5.79. The lowest BCUT2D eigenvalue weighted by molar-refractivity contribution is 0.0926. The lowest BCUT2D eigenvalue weighted by atomic mass is 9.98. The van der Waals surface area contributed by atoms with E-state index >= 15 is 0 Å². The van der Waals surface area contributed by atoms with Crippen molar-refractivity contribution in [2.24, 2.45) is 5.92 Å². The predicted octanol–water partition coefficient (Wildman–Crippen LogP) is 1.32. The van der Waals surface area contributed by atoms with E-state index in [-0.39, 0.29) is 17.9 Å². The van der Waals surface area contributed by atoms with E-state index in [2.05, 4.69) is 20.6 Å². The fourth-order valence-corrected chi connectivity index (χ4v) is 3.10. The molecule has 130 valence electrons. The van der Waals surface area contributed by atoms with Crippen LogP contribution in [0.2, 0.25) is 0 Å². The first-order valence-corrected chi connectivity index (χ1v) is 8.21. The summed E-state index contributed by atoms with van der Waals surface area (Å²) in [6.45, 7) is 4.88. The number of amides is 1. The quantitative estimate of drug-likeness (QED) is 0.769. The molecule has 8 nitrogen and oxygen atoms in total. The van der Waals surface area contributed by atoms with Crippen LogP contribution in [0, 0.1) is 19.8 Å². The molecule has 1 amide bonds. The highest BCUT2D eigenvalue weighted by molar-refractivity contribution is 5.99. The van der Waals surface area contributed by atoms with Gasteiger partial charge in [0.25, 0.3) is 5.91 Å². The zero-order valence-corrected chi connectivity index (χ0v) is 14.1. The Hall–Kier alpha value is -2.74. The third kappa shape index (κ3) is 3.12. The second-order valence-corrected chi connectivity index (χ2v) is 6.47. The molecule has 3 aromatic rings. The number of nitrogens with one attached hydrogen (secondary N) is 1. The molecule has 8 heteroatoms. The van der Waals surface area contributed by atoms with Crippen LogP contribution in [0.4, 0.5) is 0 Å². The predicted molar refractivity (Wildman–Crippen MR) is 88.2 cm³/mol. The van der Waals surface area contributed by atoms with Gasteiger partial charge in [0.1, 0.15) is 11.3 Å². The molecule has 1 N–H and O–H groups in total. The summed E-state index contributed by atoms with van der Waals surface area (Å²) in [5.74, 6) is 0.759. The monoisotopic (exact) mass is 341 g/mol. The molecule has 0 bridgehead atoms. The molecule has 0 unspecified atom stereocenters. The SMILES string of the molecule is Cc1cnc2c(C(=O)N[C@@H]3COC[C@@H]3Cc3cc(C)no3)cnn2c1.